The SMILES string of the molecule is COC(=O)C1=CO[C@]2(O)OC[C@]34C[C@H]3C[C@H]1[C@H]24. The Bertz CT molecular complexity index is 444. The van der Waals surface area contributed by atoms with Gasteiger partial charge in [0.1, 0.15) is 6.26 Å². The molecule has 92 valence electrons. The van der Waals surface area contributed by atoms with Crippen LogP contribution >= 0.6 is 0 Å². The number of hydrogen-bond acceptors (Lipinski definition) is 5. The van der Waals surface area contributed by atoms with Crippen molar-refractivity contribution in [3.63, 3.8) is 0 Å². The average molecular weight is 238 g/mol. The Morgan fingerprint density at radius 1 is 1.65 bits per heavy atom. The highest BCUT2D eigenvalue weighted by Gasteiger charge is 2.78. The maximum atomic E-state index is 11.7. The van der Waals surface area contributed by atoms with Gasteiger partial charge in [-0.1, -0.05) is 0 Å². The van der Waals surface area contributed by atoms with Crippen LogP contribution < -0.4 is 0 Å². The standard InChI is InChI=1S/C12H14O5/c1-15-10(13)8-4-16-12(14)9-7(8)2-6-3-11(6,9)5-17-12/h4,6-7,9,14H,2-3,5H2,1H3/t6-,7-,9+,11-,12+/m1/s1. The van der Waals surface area contributed by atoms with Gasteiger partial charge in [-0.2, -0.15) is 0 Å². The van der Waals surface area contributed by atoms with Gasteiger partial charge < -0.3 is 19.3 Å². The normalized spacial score (nSPS) is 53.3. The third kappa shape index (κ3) is 0.962. The van der Waals surface area contributed by atoms with Crippen molar-refractivity contribution in [3.05, 3.63) is 11.8 Å². The summed E-state index contributed by atoms with van der Waals surface area (Å²) in [5, 5.41) is 10.3. The molecule has 0 radical (unpaired) electrons. The molecule has 0 aromatic heterocycles. The topological polar surface area (TPSA) is 65.0 Å². The maximum Gasteiger partial charge on any atom is 0.337 e. The molecular formula is C12H14O5. The van der Waals surface area contributed by atoms with Gasteiger partial charge in [-0.25, -0.2) is 4.79 Å². The lowest BCUT2D eigenvalue weighted by molar-refractivity contribution is -0.347. The van der Waals surface area contributed by atoms with Crippen molar-refractivity contribution in [3.8, 4) is 0 Å². The average Bonchev–Trinajstić information content (AvgIpc) is 2.76. The van der Waals surface area contributed by atoms with Crippen LogP contribution in [0.3, 0.4) is 0 Å². The molecule has 2 aliphatic heterocycles. The lowest BCUT2D eigenvalue weighted by atomic mass is 9.78. The molecule has 0 unspecified atom stereocenters. The second-order valence-electron chi connectivity index (χ2n) is 5.56. The molecule has 1 N–H and O–H groups in total. The molecule has 5 heteroatoms. The van der Waals surface area contributed by atoms with Gasteiger partial charge in [0.2, 0.25) is 0 Å². The van der Waals surface area contributed by atoms with E-state index in [1.165, 1.54) is 13.4 Å². The fourth-order valence-electron chi connectivity index (χ4n) is 4.12. The van der Waals surface area contributed by atoms with E-state index in [1.54, 1.807) is 0 Å². The van der Waals surface area contributed by atoms with Crippen molar-refractivity contribution in [1.29, 1.82) is 0 Å². The second kappa shape index (κ2) is 2.67. The summed E-state index contributed by atoms with van der Waals surface area (Å²) in [6.45, 7) is 0.539. The molecule has 4 rings (SSSR count). The lowest BCUT2D eigenvalue weighted by Crippen LogP contribution is -2.45. The first-order valence-corrected chi connectivity index (χ1v) is 5.93. The molecule has 3 fully saturated rings. The number of ether oxygens (including phenoxy) is 3. The maximum absolute atomic E-state index is 11.7. The molecule has 0 aromatic carbocycles. The fraction of sp³-hybridized carbons (Fsp3) is 0.750. The van der Waals surface area contributed by atoms with E-state index < -0.39 is 5.97 Å². The van der Waals surface area contributed by atoms with E-state index in [0.717, 1.165) is 12.8 Å². The Hall–Kier alpha value is -1.07. The minimum absolute atomic E-state index is 0.0162. The molecule has 2 saturated carbocycles. The molecule has 17 heavy (non-hydrogen) atoms. The molecule has 0 aromatic rings. The first-order valence-electron chi connectivity index (χ1n) is 5.93. The van der Waals surface area contributed by atoms with Gasteiger partial charge in [0.25, 0.3) is 0 Å². The molecule has 5 nitrogen and oxygen atoms in total. The highest BCUT2D eigenvalue weighted by atomic mass is 16.8. The van der Waals surface area contributed by atoms with Crippen molar-refractivity contribution in [2.45, 2.75) is 18.8 Å². The fourth-order valence-corrected chi connectivity index (χ4v) is 4.12. The quantitative estimate of drug-likeness (QED) is 0.669. The number of methoxy groups -OCH3 is 1. The van der Waals surface area contributed by atoms with Gasteiger partial charge in [-0.15, -0.1) is 0 Å². The Kier molecular flexibility index (Phi) is 1.56. The number of aliphatic hydroxyl groups is 1. The summed E-state index contributed by atoms with van der Waals surface area (Å²) in [5.74, 6) is -1.42. The van der Waals surface area contributed by atoms with E-state index in [4.69, 9.17) is 14.2 Å². The number of hydrogen-bond donors (Lipinski definition) is 1. The first-order chi connectivity index (χ1) is 8.11. The van der Waals surface area contributed by atoms with Crippen LogP contribution in [0.2, 0.25) is 0 Å². The van der Waals surface area contributed by atoms with Gasteiger partial charge in [-0.3, -0.25) is 0 Å². The highest BCUT2D eigenvalue weighted by molar-refractivity contribution is 5.89. The molecule has 0 bridgehead atoms. The van der Waals surface area contributed by atoms with E-state index in [9.17, 15) is 9.90 Å². The summed E-state index contributed by atoms with van der Waals surface area (Å²) in [6.07, 6.45) is 3.33. The zero-order valence-corrected chi connectivity index (χ0v) is 9.51. The summed E-state index contributed by atoms with van der Waals surface area (Å²) in [5.41, 5.74) is 0.590. The molecule has 1 saturated heterocycles. The van der Waals surface area contributed by atoms with Crippen LogP contribution in [0, 0.1) is 23.2 Å². The number of carbonyl (C=O) groups is 1. The van der Waals surface area contributed by atoms with Crippen LogP contribution in [0.1, 0.15) is 12.8 Å². The van der Waals surface area contributed by atoms with E-state index in [2.05, 4.69) is 0 Å². The third-order valence-corrected chi connectivity index (χ3v) is 4.96. The van der Waals surface area contributed by atoms with Crippen LogP contribution in [0.5, 0.6) is 0 Å². The van der Waals surface area contributed by atoms with Gasteiger partial charge in [-0.05, 0) is 18.8 Å². The Morgan fingerprint density at radius 3 is 3.24 bits per heavy atom. The van der Waals surface area contributed by atoms with Crippen molar-refractivity contribution < 1.29 is 24.1 Å². The molecule has 1 spiro atoms. The van der Waals surface area contributed by atoms with E-state index in [0.29, 0.717) is 18.1 Å². The van der Waals surface area contributed by atoms with Gasteiger partial charge in [0, 0.05) is 11.3 Å². The summed E-state index contributed by atoms with van der Waals surface area (Å²) in [7, 11) is 1.36. The summed E-state index contributed by atoms with van der Waals surface area (Å²) < 4.78 is 15.4. The molecule has 0 amide bonds. The summed E-state index contributed by atoms with van der Waals surface area (Å²) >= 11 is 0. The van der Waals surface area contributed by atoms with E-state index >= 15 is 0 Å². The third-order valence-electron chi connectivity index (χ3n) is 4.96. The largest absolute Gasteiger partial charge is 0.466 e. The zero-order chi connectivity index (χ0) is 11.8. The van der Waals surface area contributed by atoms with Crippen LogP contribution in [-0.4, -0.2) is 30.8 Å². The second-order valence-corrected chi connectivity index (χ2v) is 5.56. The Morgan fingerprint density at radius 2 is 2.47 bits per heavy atom. The van der Waals surface area contributed by atoms with Crippen molar-refractivity contribution in [1.82, 2.24) is 0 Å². The number of rotatable bonds is 1. The smallest absolute Gasteiger partial charge is 0.337 e. The molecule has 4 aliphatic rings. The summed E-state index contributed by atoms with van der Waals surface area (Å²) in [4.78, 5) is 11.7. The van der Waals surface area contributed by atoms with Gasteiger partial charge in [0.05, 0.1) is 25.2 Å². The highest BCUT2D eigenvalue weighted by Crippen LogP contribution is 2.75. The van der Waals surface area contributed by atoms with Gasteiger partial charge >= 0.3 is 11.9 Å². The van der Waals surface area contributed by atoms with Crippen LogP contribution in [-0.2, 0) is 19.0 Å². The predicted octanol–water partition coefficient (Wildman–Crippen LogP) is 0.392. The molecule has 5 atom stereocenters. The van der Waals surface area contributed by atoms with E-state index in [1.807, 2.05) is 0 Å². The van der Waals surface area contributed by atoms with Crippen molar-refractivity contribution in [2.24, 2.45) is 23.2 Å². The lowest BCUT2D eigenvalue weighted by Gasteiger charge is -2.36. The summed E-state index contributed by atoms with van der Waals surface area (Å²) in [6, 6.07) is 0. The first kappa shape index (κ1) is 9.91. The van der Waals surface area contributed by atoms with Crippen LogP contribution in [0.15, 0.2) is 11.8 Å². The minimum Gasteiger partial charge on any atom is -0.466 e. The van der Waals surface area contributed by atoms with E-state index in [-0.39, 0.29) is 23.2 Å². The van der Waals surface area contributed by atoms with Gasteiger partial charge in [0.15, 0.2) is 0 Å². The number of esters is 1. The van der Waals surface area contributed by atoms with Crippen LogP contribution in [0.25, 0.3) is 0 Å². The molecular weight excluding hydrogens is 224 g/mol. The zero-order valence-electron chi connectivity index (χ0n) is 9.51. The monoisotopic (exact) mass is 238 g/mol. The van der Waals surface area contributed by atoms with Crippen molar-refractivity contribution >= 4 is 5.97 Å². The molecule has 2 aliphatic carbocycles. The van der Waals surface area contributed by atoms with Crippen LogP contribution in [0.4, 0.5) is 0 Å². The molecule has 2 heterocycles. The minimum atomic E-state index is -1.52. The Labute approximate surface area is 98.3 Å². The van der Waals surface area contributed by atoms with Crippen molar-refractivity contribution in [2.75, 3.05) is 13.7 Å². The predicted molar refractivity (Wildman–Crippen MR) is 54.2 cm³/mol. The number of carbonyl (C=O) groups excluding carboxylic acids is 1. The Balaban J connectivity index is 1.77.